The molecule has 0 aliphatic rings. The van der Waals surface area contributed by atoms with Crippen molar-refractivity contribution in [3.8, 4) is 11.4 Å². The summed E-state index contributed by atoms with van der Waals surface area (Å²) < 4.78 is 2.09. The number of benzene rings is 1. The first kappa shape index (κ1) is 10.8. The van der Waals surface area contributed by atoms with Crippen molar-refractivity contribution in [1.82, 2.24) is 14.5 Å². The Morgan fingerprint density at radius 1 is 1.22 bits per heavy atom. The predicted octanol–water partition coefficient (Wildman–Crippen LogP) is 2.68. The van der Waals surface area contributed by atoms with Gasteiger partial charge in [-0.1, -0.05) is 0 Å². The molecule has 4 heteroatoms. The molecule has 3 aromatic rings. The van der Waals surface area contributed by atoms with Gasteiger partial charge in [-0.3, -0.25) is 4.98 Å². The van der Waals surface area contributed by atoms with E-state index in [-0.39, 0.29) is 0 Å². The quantitative estimate of drug-likeness (QED) is 0.746. The zero-order valence-electron chi connectivity index (χ0n) is 10.4. The third kappa shape index (κ3) is 1.62. The molecule has 0 amide bonds. The lowest BCUT2D eigenvalue weighted by atomic mass is 10.2. The average Bonchev–Trinajstić information content (AvgIpc) is 2.77. The highest BCUT2D eigenvalue weighted by molar-refractivity contribution is 5.83. The van der Waals surface area contributed by atoms with E-state index in [1.54, 1.807) is 6.20 Å². The number of nitrogens with zero attached hydrogens (tertiary/aromatic N) is 3. The Bertz CT molecular complexity index is 686. The summed E-state index contributed by atoms with van der Waals surface area (Å²) in [4.78, 5) is 8.79. The van der Waals surface area contributed by atoms with Crippen LogP contribution in [0.5, 0.6) is 0 Å². The van der Waals surface area contributed by atoms with Crippen molar-refractivity contribution < 1.29 is 0 Å². The molecule has 0 saturated heterocycles. The van der Waals surface area contributed by atoms with Crippen LogP contribution in [-0.2, 0) is 7.05 Å². The highest BCUT2D eigenvalue weighted by Gasteiger charge is 2.09. The normalized spacial score (nSPS) is 10.8. The molecular formula is C14H14N4. The first-order valence-corrected chi connectivity index (χ1v) is 5.84. The number of aromatic nitrogens is 3. The summed E-state index contributed by atoms with van der Waals surface area (Å²) in [5.41, 5.74) is 4.22. The molecule has 18 heavy (non-hydrogen) atoms. The number of pyridine rings is 1. The second-order valence-electron chi connectivity index (χ2n) is 4.19. The van der Waals surface area contributed by atoms with Gasteiger partial charge in [0.15, 0.2) is 0 Å². The lowest BCUT2D eigenvalue weighted by molar-refractivity contribution is 0.957. The third-order valence-corrected chi connectivity index (χ3v) is 3.09. The van der Waals surface area contributed by atoms with E-state index >= 15 is 0 Å². The van der Waals surface area contributed by atoms with Crippen LogP contribution in [0, 0.1) is 0 Å². The zero-order valence-corrected chi connectivity index (χ0v) is 10.4. The van der Waals surface area contributed by atoms with Crippen LogP contribution in [0.2, 0.25) is 0 Å². The Kier molecular flexibility index (Phi) is 2.48. The number of anilines is 1. The van der Waals surface area contributed by atoms with E-state index in [1.807, 2.05) is 44.6 Å². The van der Waals surface area contributed by atoms with Crippen LogP contribution >= 0.6 is 0 Å². The van der Waals surface area contributed by atoms with Crippen molar-refractivity contribution in [2.75, 3.05) is 12.4 Å². The van der Waals surface area contributed by atoms with Crippen molar-refractivity contribution in [2.45, 2.75) is 0 Å². The van der Waals surface area contributed by atoms with Gasteiger partial charge in [-0.2, -0.15) is 0 Å². The van der Waals surface area contributed by atoms with Gasteiger partial charge < -0.3 is 9.88 Å². The second-order valence-corrected chi connectivity index (χ2v) is 4.19. The maximum Gasteiger partial charge on any atom is 0.142 e. The van der Waals surface area contributed by atoms with Crippen LogP contribution in [0.4, 0.5) is 5.69 Å². The van der Waals surface area contributed by atoms with E-state index in [9.17, 15) is 0 Å². The third-order valence-electron chi connectivity index (χ3n) is 3.09. The highest BCUT2D eigenvalue weighted by atomic mass is 15.1. The molecule has 0 fully saturated rings. The van der Waals surface area contributed by atoms with Crippen LogP contribution in [0.3, 0.4) is 0 Å². The number of rotatable bonds is 2. The van der Waals surface area contributed by atoms with Crippen molar-refractivity contribution >= 4 is 16.7 Å². The Hall–Kier alpha value is -2.36. The summed E-state index contributed by atoms with van der Waals surface area (Å²) >= 11 is 0. The molecule has 4 nitrogen and oxygen atoms in total. The molecular weight excluding hydrogens is 224 g/mol. The molecule has 2 heterocycles. The van der Waals surface area contributed by atoms with E-state index < -0.39 is 0 Å². The summed E-state index contributed by atoms with van der Waals surface area (Å²) in [5.74, 6) is 0.936. The van der Waals surface area contributed by atoms with Crippen molar-refractivity contribution in [3.05, 3.63) is 42.7 Å². The monoisotopic (exact) mass is 238 g/mol. The standard InChI is InChI=1S/C14H14N4/c1-15-11-5-6-12-13(8-11)18(2)14(17-12)10-4-3-7-16-9-10/h3-9,15H,1-2H3. The van der Waals surface area contributed by atoms with Crippen molar-refractivity contribution in [3.63, 3.8) is 0 Å². The van der Waals surface area contributed by atoms with Gasteiger partial charge in [-0.25, -0.2) is 4.98 Å². The summed E-state index contributed by atoms with van der Waals surface area (Å²) in [6.07, 6.45) is 3.60. The Morgan fingerprint density at radius 3 is 2.83 bits per heavy atom. The van der Waals surface area contributed by atoms with E-state index in [1.165, 1.54) is 0 Å². The Labute approximate surface area is 105 Å². The van der Waals surface area contributed by atoms with E-state index in [0.717, 1.165) is 28.1 Å². The fourth-order valence-electron chi connectivity index (χ4n) is 2.10. The van der Waals surface area contributed by atoms with Gasteiger partial charge in [-0.05, 0) is 30.3 Å². The maximum absolute atomic E-state index is 4.65. The summed E-state index contributed by atoms with van der Waals surface area (Å²) in [6, 6.07) is 10.1. The molecule has 0 atom stereocenters. The fraction of sp³-hybridized carbons (Fsp3) is 0.143. The summed E-state index contributed by atoms with van der Waals surface area (Å²) in [6.45, 7) is 0. The van der Waals surface area contributed by atoms with Gasteiger partial charge in [0.1, 0.15) is 5.82 Å². The summed E-state index contributed by atoms with van der Waals surface area (Å²) in [7, 11) is 3.94. The van der Waals surface area contributed by atoms with E-state index in [4.69, 9.17) is 0 Å². The van der Waals surface area contributed by atoms with Crippen LogP contribution in [0.25, 0.3) is 22.4 Å². The summed E-state index contributed by atoms with van der Waals surface area (Å²) in [5, 5.41) is 3.14. The van der Waals surface area contributed by atoms with Gasteiger partial charge in [0.05, 0.1) is 11.0 Å². The minimum Gasteiger partial charge on any atom is -0.388 e. The molecule has 0 aliphatic heterocycles. The topological polar surface area (TPSA) is 42.7 Å². The number of fused-ring (bicyclic) bond motifs is 1. The SMILES string of the molecule is CNc1ccc2nc(-c3cccnc3)n(C)c2c1. The predicted molar refractivity (Wildman–Crippen MR) is 73.5 cm³/mol. The number of hydrogen-bond acceptors (Lipinski definition) is 3. The molecule has 0 spiro atoms. The lowest BCUT2D eigenvalue weighted by Crippen LogP contribution is -1.93. The molecule has 1 N–H and O–H groups in total. The van der Waals surface area contributed by atoms with Crippen molar-refractivity contribution in [2.24, 2.45) is 7.05 Å². The minimum atomic E-state index is 0.936. The second kappa shape index (κ2) is 4.14. The number of imidazole rings is 1. The van der Waals surface area contributed by atoms with Crippen LogP contribution in [0.15, 0.2) is 42.7 Å². The lowest BCUT2D eigenvalue weighted by Gasteiger charge is -2.02. The van der Waals surface area contributed by atoms with E-state index in [0.29, 0.717) is 0 Å². The molecule has 1 aromatic carbocycles. The molecule has 0 radical (unpaired) electrons. The molecule has 0 saturated carbocycles. The van der Waals surface area contributed by atoms with Crippen LogP contribution < -0.4 is 5.32 Å². The van der Waals surface area contributed by atoms with E-state index in [2.05, 4.69) is 25.9 Å². The first-order chi connectivity index (χ1) is 8.79. The smallest absolute Gasteiger partial charge is 0.142 e. The number of hydrogen-bond donors (Lipinski definition) is 1. The van der Waals surface area contributed by atoms with Gasteiger partial charge in [-0.15, -0.1) is 0 Å². The van der Waals surface area contributed by atoms with Crippen LogP contribution in [-0.4, -0.2) is 21.6 Å². The average molecular weight is 238 g/mol. The fourth-order valence-corrected chi connectivity index (χ4v) is 2.10. The molecule has 0 unspecified atom stereocenters. The molecule has 3 rings (SSSR count). The van der Waals surface area contributed by atoms with Gasteiger partial charge >= 0.3 is 0 Å². The minimum absolute atomic E-state index is 0.936. The zero-order chi connectivity index (χ0) is 12.5. The maximum atomic E-state index is 4.65. The number of nitrogens with one attached hydrogen (secondary N) is 1. The number of aryl methyl sites for hydroxylation is 1. The Balaban J connectivity index is 2.23. The van der Waals surface area contributed by atoms with Crippen molar-refractivity contribution in [1.29, 1.82) is 0 Å². The van der Waals surface area contributed by atoms with Gasteiger partial charge in [0.2, 0.25) is 0 Å². The Morgan fingerprint density at radius 2 is 2.11 bits per heavy atom. The molecule has 90 valence electrons. The molecule has 0 bridgehead atoms. The van der Waals surface area contributed by atoms with Gasteiger partial charge in [0.25, 0.3) is 0 Å². The molecule has 2 aromatic heterocycles. The van der Waals surface area contributed by atoms with Gasteiger partial charge in [0, 0.05) is 37.7 Å². The molecule has 0 aliphatic carbocycles. The first-order valence-electron chi connectivity index (χ1n) is 5.84. The largest absolute Gasteiger partial charge is 0.388 e. The van der Waals surface area contributed by atoms with Crippen LogP contribution in [0.1, 0.15) is 0 Å². The highest BCUT2D eigenvalue weighted by Crippen LogP contribution is 2.24.